The molecular formula is C25H30N4O5S. The fourth-order valence-corrected chi connectivity index (χ4v) is 7.08. The Morgan fingerprint density at radius 2 is 2.00 bits per heavy atom. The summed E-state index contributed by atoms with van der Waals surface area (Å²) in [6.45, 7) is 4.43. The second-order valence-electron chi connectivity index (χ2n) is 9.69. The molecule has 3 heterocycles. The van der Waals surface area contributed by atoms with Gasteiger partial charge in [0.05, 0.1) is 35.7 Å². The number of amides is 2. The Morgan fingerprint density at radius 3 is 2.60 bits per heavy atom. The summed E-state index contributed by atoms with van der Waals surface area (Å²) < 4.78 is 0. The molecule has 1 aromatic carbocycles. The highest BCUT2D eigenvalue weighted by atomic mass is 32.2. The second-order valence-corrected chi connectivity index (χ2v) is 11.0. The lowest BCUT2D eigenvalue weighted by Gasteiger charge is -2.46. The van der Waals surface area contributed by atoms with Crippen LogP contribution in [0.5, 0.6) is 0 Å². The van der Waals surface area contributed by atoms with Crippen molar-refractivity contribution >= 4 is 29.5 Å². The van der Waals surface area contributed by atoms with Gasteiger partial charge in [-0.05, 0) is 25.0 Å². The van der Waals surface area contributed by atoms with Crippen LogP contribution in [0.25, 0.3) is 0 Å². The SMILES string of the molecule is CC(O)C1C(=O)N2C(C(=O)O)=C(SC3CC(C(=O)N(C)C)N(Cc4ccccc4C#N)C3)C(C)C12. The fourth-order valence-electron chi connectivity index (χ4n) is 5.52. The first-order chi connectivity index (χ1) is 16.6. The summed E-state index contributed by atoms with van der Waals surface area (Å²) in [4.78, 5) is 43.4. The van der Waals surface area contributed by atoms with Crippen LogP contribution in [0, 0.1) is 23.2 Å². The molecule has 0 aromatic heterocycles. The first-order valence-corrected chi connectivity index (χ1v) is 12.5. The number of fused-ring (bicyclic) bond motifs is 1. The van der Waals surface area contributed by atoms with Crippen LogP contribution in [-0.4, -0.2) is 86.8 Å². The van der Waals surface area contributed by atoms with E-state index in [-0.39, 0.29) is 34.7 Å². The van der Waals surface area contributed by atoms with Crippen LogP contribution in [0.2, 0.25) is 0 Å². The summed E-state index contributed by atoms with van der Waals surface area (Å²) in [7, 11) is 3.42. The lowest BCUT2D eigenvalue weighted by Crippen LogP contribution is -2.63. The van der Waals surface area contributed by atoms with Crippen LogP contribution in [0.1, 0.15) is 31.4 Å². The van der Waals surface area contributed by atoms with Gasteiger partial charge in [0, 0.05) is 43.3 Å². The number of thioether (sulfide) groups is 1. The Morgan fingerprint density at radius 1 is 1.31 bits per heavy atom. The zero-order chi connectivity index (χ0) is 25.6. The molecule has 6 unspecified atom stereocenters. The monoisotopic (exact) mass is 498 g/mol. The maximum Gasteiger partial charge on any atom is 0.353 e. The van der Waals surface area contributed by atoms with Gasteiger partial charge >= 0.3 is 5.97 Å². The highest BCUT2D eigenvalue weighted by Crippen LogP contribution is 2.52. The summed E-state index contributed by atoms with van der Waals surface area (Å²) in [5, 5.41) is 29.4. The Kier molecular flexibility index (Phi) is 6.95. The van der Waals surface area contributed by atoms with E-state index < -0.39 is 24.0 Å². The van der Waals surface area contributed by atoms with Crippen molar-refractivity contribution in [2.45, 2.75) is 50.3 Å². The zero-order valence-electron chi connectivity index (χ0n) is 20.2. The molecule has 2 amide bonds. The number of benzene rings is 1. The van der Waals surface area contributed by atoms with Crippen molar-refractivity contribution in [2.75, 3.05) is 20.6 Å². The van der Waals surface area contributed by atoms with Gasteiger partial charge < -0.3 is 20.0 Å². The fraction of sp³-hybridized carbons (Fsp3) is 0.520. The van der Waals surface area contributed by atoms with E-state index in [1.807, 2.05) is 19.1 Å². The number of rotatable bonds is 7. The van der Waals surface area contributed by atoms with Crippen LogP contribution < -0.4 is 0 Å². The van der Waals surface area contributed by atoms with Gasteiger partial charge in [-0.15, -0.1) is 11.8 Å². The molecule has 186 valence electrons. The molecule has 6 atom stereocenters. The largest absolute Gasteiger partial charge is 0.477 e. The number of carbonyl (C=O) groups is 3. The molecule has 0 radical (unpaired) electrons. The Labute approximate surface area is 209 Å². The summed E-state index contributed by atoms with van der Waals surface area (Å²) in [5.41, 5.74) is 1.40. The van der Waals surface area contributed by atoms with Gasteiger partial charge in [0.25, 0.3) is 0 Å². The number of β-lactam (4-membered cyclic amide) rings is 1. The Bertz CT molecular complexity index is 1130. The standard InChI is InChI=1S/C25H30N4O5S/c1-13-20-19(14(2)30)24(32)29(20)21(25(33)34)22(13)35-17-9-18(23(31)27(3)4)28(12-17)11-16-8-6-5-7-15(16)10-26/h5-8,13-14,17-20,30H,9,11-12H2,1-4H3,(H,33,34). The second kappa shape index (κ2) is 9.64. The van der Waals surface area contributed by atoms with E-state index in [1.54, 1.807) is 38.1 Å². The minimum absolute atomic E-state index is 0.00170. The first-order valence-electron chi connectivity index (χ1n) is 11.6. The predicted octanol–water partition coefficient (Wildman–Crippen LogP) is 1.48. The van der Waals surface area contributed by atoms with Gasteiger partial charge in [0.15, 0.2) is 0 Å². The number of aliphatic carboxylic acids is 1. The third kappa shape index (κ3) is 4.33. The zero-order valence-corrected chi connectivity index (χ0v) is 21.0. The summed E-state index contributed by atoms with van der Waals surface area (Å²) in [5.74, 6) is -2.38. The predicted molar refractivity (Wildman–Crippen MR) is 130 cm³/mol. The molecule has 0 saturated carbocycles. The molecule has 1 aromatic rings. The average molecular weight is 499 g/mol. The topological polar surface area (TPSA) is 125 Å². The highest BCUT2D eigenvalue weighted by molar-refractivity contribution is 8.03. The molecule has 10 heteroatoms. The smallest absolute Gasteiger partial charge is 0.353 e. The van der Waals surface area contributed by atoms with Gasteiger partial charge in [0.1, 0.15) is 5.70 Å². The molecule has 3 aliphatic rings. The molecule has 4 rings (SSSR count). The number of hydrogen-bond acceptors (Lipinski definition) is 7. The first kappa shape index (κ1) is 25.2. The molecule has 0 bridgehead atoms. The van der Waals surface area contributed by atoms with Crippen LogP contribution >= 0.6 is 11.8 Å². The van der Waals surface area contributed by atoms with Crippen molar-refractivity contribution in [3.63, 3.8) is 0 Å². The molecule has 3 aliphatic heterocycles. The van der Waals surface area contributed by atoms with Gasteiger partial charge in [-0.1, -0.05) is 25.1 Å². The molecule has 2 fully saturated rings. The lowest BCUT2D eigenvalue weighted by atomic mass is 9.79. The van der Waals surface area contributed by atoms with Gasteiger partial charge in [-0.2, -0.15) is 5.26 Å². The number of likely N-dealkylation sites (tertiary alicyclic amines) is 1. The normalized spacial score (nSPS) is 29.0. The molecule has 2 saturated heterocycles. The van der Waals surface area contributed by atoms with Crippen molar-refractivity contribution in [2.24, 2.45) is 11.8 Å². The number of carboxylic acid groups (broad SMARTS) is 1. The van der Waals surface area contributed by atoms with Gasteiger partial charge in [-0.3, -0.25) is 14.5 Å². The number of hydrogen-bond donors (Lipinski definition) is 2. The van der Waals surface area contributed by atoms with Crippen LogP contribution in [0.15, 0.2) is 34.9 Å². The number of aliphatic hydroxyl groups excluding tert-OH is 1. The Balaban J connectivity index is 1.60. The number of nitrogens with zero attached hydrogens (tertiary/aromatic N) is 4. The van der Waals surface area contributed by atoms with E-state index in [1.165, 1.54) is 16.7 Å². The number of likely N-dealkylation sites (N-methyl/N-ethyl adjacent to an activating group) is 1. The molecule has 0 aliphatic carbocycles. The van der Waals surface area contributed by atoms with E-state index >= 15 is 0 Å². The van der Waals surface area contributed by atoms with Crippen molar-refractivity contribution < 1.29 is 24.6 Å². The highest BCUT2D eigenvalue weighted by Gasteiger charge is 2.60. The van der Waals surface area contributed by atoms with Crippen molar-refractivity contribution in [3.8, 4) is 6.07 Å². The average Bonchev–Trinajstić information content (AvgIpc) is 3.30. The maximum atomic E-state index is 13.0. The van der Waals surface area contributed by atoms with Crippen LogP contribution in [0.3, 0.4) is 0 Å². The molecular weight excluding hydrogens is 468 g/mol. The summed E-state index contributed by atoms with van der Waals surface area (Å²) in [6, 6.07) is 8.75. The van der Waals surface area contributed by atoms with E-state index in [0.717, 1.165) is 5.56 Å². The molecule has 2 N–H and O–H groups in total. The summed E-state index contributed by atoms with van der Waals surface area (Å²) >= 11 is 1.43. The molecule has 9 nitrogen and oxygen atoms in total. The molecule has 35 heavy (non-hydrogen) atoms. The third-order valence-electron chi connectivity index (χ3n) is 7.21. The van der Waals surface area contributed by atoms with Gasteiger partial charge in [0.2, 0.25) is 11.8 Å². The van der Waals surface area contributed by atoms with Crippen LogP contribution in [0.4, 0.5) is 0 Å². The number of aliphatic hydroxyl groups is 1. The Hall–Kier alpha value is -2.87. The number of carbonyl (C=O) groups excluding carboxylic acids is 2. The van der Waals surface area contributed by atoms with E-state index in [4.69, 9.17) is 0 Å². The van der Waals surface area contributed by atoms with E-state index in [2.05, 4.69) is 11.0 Å². The summed E-state index contributed by atoms with van der Waals surface area (Å²) in [6.07, 6.45) is -0.326. The van der Waals surface area contributed by atoms with Gasteiger partial charge in [-0.25, -0.2) is 4.79 Å². The van der Waals surface area contributed by atoms with Crippen molar-refractivity contribution in [1.29, 1.82) is 5.26 Å². The van der Waals surface area contributed by atoms with Crippen molar-refractivity contribution in [3.05, 3.63) is 46.0 Å². The van der Waals surface area contributed by atoms with E-state index in [0.29, 0.717) is 30.0 Å². The maximum absolute atomic E-state index is 13.0. The number of nitriles is 1. The van der Waals surface area contributed by atoms with Crippen molar-refractivity contribution in [1.82, 2.24) is 14.7 Å². The quantitative estimate of drug-likeness (QED) is 0.542. The van der Waals surface area contributed by atoms with E-state index in [9.17, 15) is 29.9 Å². The molecule has 0 spiro atoms. The number of carboxylic acids is 1. The third-order valence-corrected chi connectivity index (χ3v) is 8.70. The minimum Gasteiger partial charge on any atom is -0.477 e. The minimum atomic E-state index is -1.15. The van der Waals surface area contributed by atoms with Crippen LogP contribution in [-0.2, 0) is 20.9 Å². The lowest BCUT2D eigenvalue weighted by molar-refractivity contribution is -0.163.